The Morgan fingerprint density at radius 3 is 2.15 bits per heavy atom. The molecule has 1 aromatic carbocycles. The van der Waals surface area contributed by atoms with Gasteiger partial charge in [-0.15, -0.1) is 0 Å². The number of carboxylic acids is 1. The fourth-order valence-electron chi connectivity index (χ4n) is 1.54. The smallest absolute Gasteiger partial charge is 0.326 e. The van der Waals surface area contributed by atoms with Crippen LogP contribution in [0.25, 0.3) is 0 Å². The summed E-state index contributed by atoms with van der Waals surface area (Å²) in [4.78, 5) is 22.6. The van der Waals surface area contributed by atoms with Gasteiger partial charge in [-0.3, -0.25) is 0 Å². The number of benzene rings is 1. The third kappa shape index (κ3) is 4.34. The normalized spacial score (nSPS) is 11.3. The molecule has 0 heterocycles. The molecule has 0 radical (unpaired) electrons. The summed E-state index contributed by atoms with van der Waals surface area (Å²) in [7, 11) is 2.99. The van der Waals surface area contributed by atoms with Crippen molar-refractivity contribution in [3.05, 3.63) is 18.2 Å². The van der Waals surface area contributed by atoms with Gasteiger partial charge in [-0.05, 0) is 6.42 Å². The minimum absolute atomic E-state index is 0.296. The fraction of sp³-hybridized carbons (Fsp3) is 0.385. The van der Waals surface area contributed by atoms with Crippen LogP contribution in [0.15, 0.2) is 18.2 Å². The van der Waals surface area contributed by atoms with Crippen molar-refractivity contribution in [3.63, 3.8) is 0 Å². The summed E-state index contributed by atoms with van der Waals surface area (Å²) in [5, 5.41) is 13.8. The molecular weight excluding hydrogens is 264 g/mol. The summed E-state index contributed by atoms with van der Waals surface area (Å²) in [5.74, 6) is -0.0410. The third-order valence-electron chi connectivity index (χ3n) is 2.62. The number of ether oxygens (including phenoxy) is 2. The number of methoxy groups -OCH3 is 2. The molecule has 3 N–H and O–H groups in total. The Morgan fingerprint density at radius 2 is 1.75 bits per heavy atom. The van der Waals surface area contributed by atoms with Gasteiger partial charge in [0.2, 0.25) is 0 Å². The number of aliphatic carboxylic acids is 1. The van der Waals surface area contributed by atoms with E-state index in [1.54, 1.807) is 25.1 Å². The van der Waals surface area contributed by atoms with Crippen molar-refractivity contribution in [1.29, 1.82) is 0 Å². The minimum Gasteiger partial charge on any atom is -0.497 e. The van der Waals surface area contributed by atoms with Gasteiger partial charge in [-0.2, -0.15) is 0 Å². The van der Waals surface area contributed by atoms with Gasteiger partial charge in [0.15, 0.2) is 0 Å². The number of hydrogen-bond donors (Lipinski definition) is 3. The van der Waals surface area contributed by atoms with E-state index in [1.165, 1.54) is 14.2 Å². The number of amides is 2. The molecule has 20 heavy (non-hydrogen) atoms. The van der Waals surface area contributed by atoms with Crippen LogP contribution in [0.4, 0.5) is 10.5 Å². The second-order valence-corrected chi connectivity index (χ2v) is 4.00. The Balaban J connectivity index is 2.77. The molecule has 110 valence electrons. The molecule has 1 aromatic rings. The summed E-state index contributed by atoms with van der Waals surface area (Å²) in [6.07, 6.45) is 0.296. The third-order valence-corrected chi connectivity index (χ3v) is 2.62. The lowest BCUT2D eigenvalue weighted by atomic mass is 10.2. The minimum atomic E-state index is -1.08. The molecule has 7 nitrogen and oxygen atoms in total. The van der Waals surface area contributed by atoms with Gasteiger partial charge >= 0.3 is 12.0 Å². The molecule has 0 spiro atoms. The molecular formula is C13H18N2O5. The molecule has 1 rings (SSSR count). The van der Waals surface area contributed by atoms with E-state index in [2.05, 4.69) is 10.6 Å². The summed E-state index contributed by atoms with van der Waals surface area (Å²) in [6.45, 7) is 1.67. The molecule has 0 fully saturated rings. The Labute approximate surface area is 116 Å². The standard InChI is InChI=1S/C13H18N2O5/c1-4-11(12(16)17)15-13(18)14-8-5-9(19-2)7-10(6-8)20-3/h5-7,11H,4H2,1-3H3,(H,16,17)(H2,14,15,18). The molecule has 1 unspecified atom stereocenters. The Hall–Kier alpha value is -2.44. The molecule has 0 bridgehead atoms. The van der Waals surface area contributed by atoms with Gasteiger partial charge in [0.1, 0.15) is 17.5 Å². The largest absolute Gasteiger partial charge is 0.497 e. The molecule has 2 amide bonds. The second kappa shape index (κ2) is 7.22. The van der Waals surface area contributed by atoms with Crippen LogP contribution in [-0.4, -0.2) is 37.4 Å². The maximum absolute atomic E-state index is 11.7. The van der Waals surface area contributed by atoms with E-state index in [-0.39, 0.29) is 0 Å². The van der Waals surface area contributed by atoms with Crippen LogP contribution in [0.3, 0.4) is 0 Å². The van der Waals surface area contributed by atoms with Gasteiger partial charge in [-0.25, -0.2) is 9.59 Å². The number of rotatable bonds is 6. The first kappa shape index (κ1) is 15.6. The summed E-state index contributed by atoms with van der Waals surface area (Å²) < 4.78 is 10.1. The average molecular weight is 282 g/mol. The number of carbonyl (C=O) groups excluding carboxylic acids is 1. The van der Waals surface area contributed by atoms with Crippen molar-refractivity contribution < 1.29 is 24.2 Å². The lowest BCUT2D eigenvalue weighted by Crippen LogP contribution is -2.42. The van der Waals surface area contributed by atoms with Gasteiger partial charge in [0.25, 0.3) is 0 Å². The van der Waals surface area contributed by atoms with E-state index in [1.807, 2.05) is 0 Å². The first-order valence-corrected chi connectivity index (χ1v) is 6.03. The van der Waals surface area contributed by atoms with Crippen molar-refractivity contribution in [2.24, 2.45) is 0 Å². The van der Waals surface area contributed by atoms with E-state index in [4.69, 9.17) is 14.6 Å². The second-order valence-electron chi connectivity index (χ2n) is 4.00. The molecule has 7 heteroatoms. The highest BCUT2D eigenvalue weighted by molar-refractivity contribution is 5.92. The maximum Gasteiger partial charge on any atom is 0.326 e. The fourth-order valence-corrected chi connectivity index (χ4v) is 1.54. The predicted octanol–water partition coefficient (Wildman–Crippen LogP) is 1.69. The number of anilines is 1. The zero-order valence-electron chi connectivity index (χ0n) is 11.6. The monoisotopic (exact) mass is 282 g/mol. The van der Waals surface area contributed by atoms with Gasteiger partial charge < -0.3 is 25.2 Å². The SMILES string of the molecule is CCC(NC(=O)Nc1cc(OC)cc(OC)c1)C(=O)O. The van der Waals surface area contributed by atoms with Gasteiger partial charge in [0.05, 0.1) is 14.2 Å². The summed E-state index contributed by atoms with van der Waals surface area (Å²) in [6, 6.07) is 3.33. The predicted molar refractivity (Wildman–Crippen MR) is 73.4 cm³/mol. The molecule has 0 aliphatic carbocycles. The van der Waals surface area contributed by atoms with Crippen molar-refractivity contribution in [2.45, 2.75) is 19.4 Å². The Bertz CT molecular complexity index is 467. The topological polar surface area (TPSA) is 96.9 Å². The van der Waals surface area contributed by atoms with Crippen molar-refractivity contribution in [3.8, 4) is 11.5 Å². The van der Waals surface area contributed by atoms with Crippen molar-refractivity contribution >= 4 is 17.7 Å². The highest BCUT2D eigenvalue weighted by Crippen LogP contribution is 2.25. The van der Waals surface area contributed by atoms with Crippen molar-refractivity contribution in [2.75, 3.05) is 19.5 Å². The average Bonchev–Trinajstić information content (AvgIpc) is 2.43. The van der Waals surface area contributed by atoms with Crippen LogP contribution >= 0.6 is 0 Å². The van der Waals surface area contributed by atoms with Crippen LogP contribution in [0.5, 0.6) is 11.5 Å². The van der Waals surface area contributed by atoms with Crippen LogP contribution in [-0.2, 0) is 4.79 Å². The van der Waals surface area contributed by atoms with Crippen LogP contribution < -0.4 is 20.1 Å². The van der Waals surface area contributed by atoms with E-state index < -0.39 is 18.0 Å². The highest BCUT2D eigenvalue weighted by Gasteiger charge is 2.17. The molecule has 1 atom stereocenters. The van der Waals surface area contributed by atoms with Crippen LogP contribution in [0.2, 0.25) is 0 Å². The summed E-state index contributed by atoms with van der Waals surface area (Å²) in [5.41, 5.74) is 0.443. The maximum atomic E-state index is 11.7. The number of nitrogens with one attached hydrogen (secondary N) is 2. The van der Waals surface area contributed by atoms with E-state index in [9.17, 15) is 9.59 Å². The molecule has 0 aromatic heterocycles. The lowest BCUT2D eigenvalue weighted by molar-refractivity contribution is -0.139. The quantitative estimate of drug-likeness (QED) is 0.737. The van der Waals surface area contributed by atoms with E-state index in [0.717, 1.165) is 0 Å². The number of urea groups is 1. The molecule has 0 aliphatic heterocycles. The zero-order valence-corrected chi connectivity index (χ0v) is 11.6. The van der Waals surface area contributed by atoms with E-state index >= 15 is 0 Å². The molecule has 0 saturated heterocycles. The Kier molecular flexibility index (Phi) is 5.64. The molecule has 0 saturated carbocycles. The zero-order chi connectivity index (χ0) is 15.1. The number of carbonyl (C=O) groups is 2. The Morgan fingerprint density at radius 1 is 1.20 bits per heavy atom. The van der Waals surface area contributed by atoms with Gasteiger partial charge in [-0.1, -0.05) is 6.92 Å². The first-order chi connectivity index (χ1) is 9.49. The molecule has 0 aliphatic rings. The summed E-state index contributed by atoms with van der Waals surface area (Å²) >= 11 is 0. The number of hydrogen-bond acceptors (Lipinski definition) is 4. The lowest BCUT2D eigenvalue weighted by Gasteiger charge is -2.14. The van der Waals surface area contributed by atoms with E-state index in [0.29, 0.717) is 23.6 Å². The van der Waals surface area contributed by atoms with Crippen LogP contribution in [0.1, 0.15) is 13.3 Å². The highest BCUT2D eigenvalue weighted by atomic mass is 16.5. The van der Waals surface area contributed by atoms with Crippen LogP contribution in [0, 0.1) is 0 Å². The van der Waals surface area contributed by atoms with Crippen molar-refractivity contribution in [1.82, 2.24) is 5.32 Å². The first-order valence-electron chi connectivity index (χ1n) is 6.03. The van der Waals surface area contributed by atoms with Gasteiger partial charge in [0, 0.05) is 23.9 Å². The number of carboxylic acid groups (broad SMARTS) is 1.